The number of hydrogen-bond donors (Lipinski definition) is 1. The number of aryl methyl sites for hydroxylation is 2. The lowest BCUT2D eigenvalue weighted by atomic mass is 10.1. The molecule has 0 amide bonds. The maximum absolute atomic E-state index is 8.05. The van der Waals surface area contributed by atoms with Gasteiger partial charge in [-0.3, -0.25) is 9.97 Å². The predicted octanol–water partition coefficient (Wildman–Crippen LogP) is 2.70. The largest absolute Gasteiger partial charge is 0.304 e. The summed E-state index contributed by atoms with van der Waals surface area (Å²) in [5.41, 5.74) is 4.60. The van der Waals surface area contributed by atoms with Crippen LogP contribution in [0.25, 0.3) is 0 Å². The van der Waals surface area contributed by atoms with Gasteiger partial charge in [-0.25, -0.2) is 0 Å². The Balaban J connectivity index is 2.17. The SMILES string of the molecule is Cc1cncc(C(=N)Cc2cc(C)ccn2)c1. The number of pyridine rings is 2. The first-order valence-corrected chi connectivity index (χ1v) is 5.56. The standard InChI is InChI=1S/C14H15N3/c1-10-3-4-17-13(6-10)7-14(15)12-5-11(2)8-16-9-12/h3-6,8-9,15H,7H2,1-2H3. The number of hydrogen-bond acceptors (Lipinski definition) is 3. The van der Waals surface area contributed by atoms with Crippen LogP contribution in [0.4, 0.5) is 0 Å². The van der Waals surface area contributed by atoms with Crippen molar-refractivity contribution in [3.05, 3.63) is 59.2 Å². The lowest BCUT2D eigenvalue weighted by Gasteiger charge is -2.05. The van der Waals surface area contributed by atoms with Gasteiger partial charge in [-0.05, 0) is 43.2 Å². The van der Waals surface area contributed by atoms with Crippen LogP contribution in [0.3, 0.4) is 0 Å². The molecule has 0 fully saturated rings. The van der Waals surface area contributed by atoms with Crippen LogP contribution in [-0.2, 0) is 6.42 Å². The van der Waals surface area contributed by atoms with E-state index in [9.17, 15) is 0 Å². The lowest BCUT2D eigenvalue weighted by molar-refractivity contribution is 1.11. The van der Waals surface area contributed by atoms with Crippen LogP contribution in [-0.4, -0.2) is 15.7 Å². The van der Waals surface area contributed by atoms with Crippen LogP contribution in [0, 0.1) is 19.3 Å². The summed E-state index contributed by atoms with van der Waals surface area (Å²) in [5, 5.41) is 8.05. The molecule has 2 aromatic heterocycles. The first-order chi connectivity index (χ1) is 8.15. The summed E-state index contributed by atoms with van der Waals surface area (Å²) in [4.78, 5) is 8.37. The Bertz CT molecular complexity index is 547. The molecule has 3 heteroatoms. The smallest absolute Gasteiger partial charge is 0.0465 e. The van der Waals surface area contributed by atoms with Crippen molar-refractivity contribution in [2.24, 2.45) is 0 Å². The summed E-state index contributed by atoms with van der Waals surface area (Å²) in [7, 11) is 0. The minimum Gasteiger partial charge on any atom is -0.304 e. The average Bonchev–Trinajstić information content (AvgIpc) is 2.29. The van der Waals surface area contributed by atoms with Gasteiger partial charge in [0.2, 0.25) is 0 Å². The minimum atomic E-state index is 0.548. The predicted molar refractivity (Wildman–Crippen MR) is 68.5 cm³/mol. The fourth-order valence-corrected chi connectivity index (χ4v) is 1.70. The minimum absolute atomic E-state index is 0.548. The molecular weight excluding hydrogens is 210 g/mol. The highest BCUT2D eigenvalue weighted by Gasteiger charge is 2.04. The van der Waals surface area contributed by atoms with E-state index in [2.05, 4.69) is 9.97 Å². The van der Waals surface area contributed by atoms with E-state index in [0.29, 0.717) is 12.1 Å². The van der Waals surface area contributed by atoms with Crippen molar-refractivity contribution in [2.45, 2.75) is 20.3 Å². The zero-order valence-electron chi connectivity index (χ0n) is 10.1. The van der Waals surface area contributed by atoms with E-state index >= 15 is 0 Å². The highest BCUT2D eigenvalue weighted by atomic mass is 14.7. The molecule has 0 radical (unpaired) electrons. The third kappa shape index (κ3) is 2.97. The molecule has 2 rings (SSSR count). The van der Waals surface area contributed by atoms with Gasteiger partial charge in [0.1, 0.15) is 0 Å². The Morgan fingerprint density at radius 1 is 1.18 bits per heavy atom. The molecule has 2 aromatic rings. The molecule has 0 saturated carbocycles. The van der Waals surface area contributed by atoms with Crippen LogP contribution in [0.15, 0.2) is 36.8 Å². The molecule has 0 aliphatic rings. The Morgan fingerprint density at radius 2 is 2.00 bits per heavy atom. The van der Waals surface area contributed by atoms with Gasteiger partial charge in [0.05, 0.1) is 0 Å². The topological polar surface area (TPSA) is 49.6 Å². The molecule has 17 heavy (non-hydrogen) atoms. The number of rotatable bonds is 3. The maximum atomic E-state index is 8.05. The molecule has 2 heterocycles. The molecule has 1 N–H and O–H groups in total. The highest BCUT2D eigenvalue weighted by molar-refractivity contribution is 5.99. The summed E-state index contributed by atoms with van der Waals surface area (Å²) in [6.07, 6.45) is 5.85. The second-order valence-corrected chi connectivity index (χ2v) is 4.23. The van der Waals surface area contributed by atoms with Crippen LogP contribution in [0.5, 0.6) is 0 Å². The normalized spacial score (nSPS) is 10.2. The average molecular weight is 225 g/mol. The number of nitrogens with zero attached hydrogens (tertiary/aromatic N) is 2. The fraction of sp³-hybridized carbons (Fsp3) is 0.214. The third-order valence-corrected chi connectivity index (χ3v) is 2.55. The van der Waals surface area contributed by atoms with Crippen molar-refractivity contribution in [3.8, 4) is 0 Å². The number of nitrogens with one attached hydrogen (secondary N) is 1. The summed E-state index contributed by atoms with van der Waals surface area (Å²) in [6, 6.07) is 5.95. The molecule has 0 spiro atoms. The first-order valence-electron chi connectivity index (χ1n) is 5.56. The van der Waals surface area contributed by atoms with Crippen LogP contribution in [0.1, 0.15) is 22.4 Å². The van der Waals surface area contributed by atoms with E-state index < -0.39 is 0 Å². The quantitative estimate of drug-likeness (QED) is 0.816. The van der Waals surface area contributed by atoms with E-state index in [0.717, 1.165) is 16.8 Å². The van der Waals surface area contributed by atoms with Gasteiger partial charge >= 0.3 is 0 Å². The van der Waals surface area contributed by atoms with E-state index in [1.54, 1.807) is 18.6 Å². The molecular formula is C14H15N3. The second kappa shape index (κ2) is 4.87. The molecule has 0 saturated heterocycles. The molecule has 0 atom stereocenters. The van der Waals surface area contributed by atoms with Crippen molar-refractivity contribution in [1.82, 2.24) is 9.97 Å². The Kier molecular flexibility index (Phi) is 3.28. The molecule has 0 aliphatic heterocycles. The Hall–Kier alpha value is -2.03. The molecule has 0 bridgehead atoms. The highest BCUT2D eigenvalue weighted by Crippen LogP contribution is 2.07. The van der Waals surface area contributed by atoms with E-state index in [-0.39, 0.29) is 0 Å². The summed E-state index contributed by atoms with van der Waals surface area (Å²) in [5.74, 6) is 0. The van der Waals surface area contributed by atoms with E-state index in [4.69, 9.17) is 5.41 Å². The third-order valence-electron chi connectivity index (χ3n) is 2.55. The van der Waals surface area contributed by atoms with Crippen molar-refractivity contribution in [2.75, 3.05) is 0 Å². The van der Waals surface area contributed by atoms with Crippen LogP contribution < -0.4 is 0 Å². The molecule has 0 aliphatic carbocycles. The summed E-state index contributed by atoms with van der Waals surface area (Å²) < 4.78 is 0. The number of aromatic nitrogens is 2. The van der Waals surface area contributed by atoms with Gasteiger partial charge in [0, 0.05) is 42.0 Å². The zero-order valence-corrected chi connectivity index (χ0v) is 10.1. The van der Waals surface area contributed by atoms with E-state index in [1.807, 2.05) is 32.0 Å². The molecule has 0 unspecified atom stereocenters. The summed E-state index contributed by atoms with van der Waals surface area (Å²) >= 11 is 0. The Morgan fingerprint density at radius 3 is 2.71 bits per heavy atom. The lowest BCUT2D eigenvalue weighted by Crippen LogP contribution is -2.06. The first kappa shape index (κ1) is 11.5. The molecule has 86 valence electrons. The van der Waals surface area contributed by atoms with Crippen LogP contribution >= 0.6 is 0 Å². The zero-order chi connectivity index (χ0) is 12.3. The molecule has 0 aromatic carbocycles. The van der Waals surface area contributed by atoms with Crippen molar-refractivity contribution in [3.63, 3.8) is 0 Å². The second-order valence-electron chi connectivity index (χ2n) is 4.23. The molecule has 3 nitrogen and oxygen atoms in total. The summed E-state index contributed by atoms with van der Waals surface area (Å²) in [6.45, 7) is 4.01. The Labute approximate surface area is 101 Å². The van der Waals surface area contributed by atoms with E-state index in [1.165, 1.54) is 5.56 Å². The maximum Gasteiger partial charge on any atom is 0.0465 e. The van der Waals surface area contributed by atoms with Crippen LogP contribution in [0.2, 0.25) is 0 Å². The van der Waals surface area contributed by atoms with Gasteiger partial charge in [0.15, 0.2) is 0 Å². The van der Waals surface area contributed by atoms with Crippen molar-refractivity contribution in [1.29, 1.82) is 5.41 Å². The van der Waals surface area contributed by atoms with Crippen molar-refractivity contribution < 1.29 is 0 Å². The van der Waals surface area contributed by atoms with Gasteiger partial charge < -0.3 is 5.41 Å². The van der Waals surface area contributed by atoms with Gasteiger partial charge in [-0.1, -0.05) is 0 Å². The fourth-order valence-electron chi connectivity index (χ4n) is 1.70. The van der Waals surface area contributed by atoms with Gasteiger partial charge in [0.25, 0.3) is 0 Å². The van der Waals surface area contributed by atoms with Gasteiger partial charge in [-0.2, -0.15) is 0 Å². The van der Waals surface area contributed by atoms with Crippen molar-refractivity contribution >= 4 is 5.71 Å². The van der Waals surface area contributed by atoms with Gasteiger partial charge in [-0.15, -0.1) is 0 Å². The monoisotopic (exact) mass is 225 g/mol.